The van der Waals surface area contributed by atoms with E-state index in [0.29, 0.717) is 13.1 Å². The number of ether oxygens (including phenoxy) is 1. The topological polar surface area (TPSA) is 93.0 Å². The van der Waals surface area contributed by atoms with Gasteiger partial charge in [0.15, 0.2) is 0 Å². The Morgan fingerprint density at radius 2 is 1.74 bits per heavy atom. The van der Waals surface area contributed by atoms with Gasteiger partial charge in [0.25, 0.3) is 5.69 Å². The van der Waals surface area contributed by atoms with E-state index in [9.17, 15) is 19.7 Å². The van der Waals surface area contributed by atoms with Gasteiger partial charge >= 0.3 is 5.97 Å². The summed E-state index contributed by atoms with van der Waals surface area (Å²) in [6.45, 7) is 6.26. The highest BCUT2D eigenvalue weighted by Crippen LogP contribution is 2.21. The van der Waals surface area contributed by atoms with E-state index < -0.39 is 16.5 Å². The summed E-state index contributed by atoms with van der Waals surface area (Å²) in [4.78, 5) is 39.0. The number of esters is 1. The van der Waals surface area contributed by atoms with Crippen LogP contribution in [0.2, 0.25) is 0 Å². The van der Waals surface area contributed by atoms with Crippen LogP contribution >= 0.6 is 11.8 Å². The number of non-ortho nitro benzene ring substituents is 1. The number of hydrogen-bond donors (Lipinski definition) is 0. The van der Waals surface area contributed by atoms with Crippen molar-refractivity contribution in [3.05, 3.63) is 34.4 Å². The normalized spacial score (nSPS) is 11.3. The molecule has 1 amide bonds. The molecule has 0 unspecified atom stereocenters. The van der Waals surface area contributed by atoms with Gasteiger partial charge < -0.3 is 14.5 Å². The lowest BCUT2D eigenvalue weighted by Crippen LogP contribution is -2.42. The predicted molar refractivity (Wildman–Crippen MR) is 105 cm³/mol. The Morgan fingerprint density at radius 3 is 2.22 bits per heavy atom. The number of thioether (sulfide) groups is 1. The van der Waals surface area contributed by atoms with Crippen molar-refractivity contribution in [2.45, 2.75) is 31.3 Å². The molecule has 1 aromatic carbocycles. The van der Waals surface area contributed by atoms with Gasteiger partial charge in [0.05, 0.1) is 10.7 Å². The number of carbonyl (C=O) groups excluding carboxylic acids is 2. The van der Waals surface area contributed by atoms with Crippen molar-refractivity contribution in [3.63, 3.8) is 0 Å². The third-order valence-corrected chi connectivity index (χ3v) is 4.32. The molecule has 0 saturated heterocycles. The predicted octanol–water partition coefficient (Wildman–Crippen LogP) is 2.42. The Hall–Kier alpha value is -2.13. The standard InChI is InChI=1S/C18H27N3O5S/c1-18(2,3)26-17(23)12-20(11-10-19(4)5)16(22)13-27-15-8-6-14(7-9-15)21(24)25/h6-9H,10-13H2,1-5H3. The lowest BCUT2D eigenvalue weighted by Gasteiger charge is -2.26. The molecule has 0 spiro atoms. The molecule has 0 bridgehead atoms. The first kappa shape index (κ1) is 22.9. The monoisotopic (exact) mass is 397 g/mol. The maximum absolute atomic E-state index is 12.6. The smallest absolute Gasteiger partial charge is 0.326 e. The zero-order valence-corrected chi connectivity index (χ0v) is 17.2. The third-order valence-electron chi connectivity index (χ3n) is 3.32. The molecule has 0 radical (unpaired) electrons. The number of nitro benzene ring substituents is 1. The Bertz CT molecular complexity index is 656. The number of rotatable bonds is 9. The van der Waals surface area contributed by atoms with E-state index in [-0.39, 0.29) is 23.9 Å². The summed E-state index contributed by atoms with van der Waals surface area (Å²) in [5, 5.41) is 10.7. The van der Waals surface area contributed by atoms with Crippen molar-refractivity contribution in [2.24, 2.45) is 0 Å². The van der Waals surface area contributed by atoms with Crippen LogP contribution in [0, 0.1) is 10.1 Å². The van der Waals surface area contributed by atoms with Crippen molar-refractivity contribution >= 4 is 29.3 Å². The fourth-order valence-electron chi connectivity index (χ4n) is 2.04. The van der Waals surface area contributed by atoms with E-state index in [1.54, 1.807) is 32.9 Å². The summed E-state index contributed by atoms with van der Waals surface area (Å²) in [6, 6.07) is 6.01. The zero-order valence-electron chi connectivity index (χ0n) is 16.4. The highest BCUT2D eigenvalue weighted by Gasteiger charge is 2.22. The van der Waals surface area contributed by atoms with Crippen LogP contribution in [0.3, 0.4) is 0 Å². The molecule has 0 N–H and O–H groups in total. The number of hydrogen-bond acceptors (Lipinski definition) is 7. The number of likely N-dealkylation sites (N-methyl/N-ethyl adjacent to an activating group) is 1. The zero-order chi connectivity index (χ0) is 20.6. The molecular weight excluding hydrogens is 370 g/mol. The fourth-order valence-corrected chi connectivity index (χ4v) is 2.84. The number of benzene rings is 1. The second-order valence-corrected chi connectivity index (χ2v) is 8.29. The molecule has 0 atom stereocenters. The average Bonchev–Trinajstić information content (AvgIpc) is 2.55. The van der Waals surface area contributed by atoms with Gasteiger partial charge in [-0.1, -0.05) is 0 Å². The molecule has 27 heavy (non-hydrogen) atoms. The van der Waals surface area contributed by atoms with Gasteiger partial charge in [0, 0.05) is 30.1 Å². The van der Waals surface area contributed by atoms with Crippen LogP contribution in [0.4, 0.5) is 5.69 Å². The molecule has 0 aliphatic rings. The van der Waals surface area contributed by atoms with E-state index in [1.807, 2.05) is 19.0 Å². The Morgan fingerprint density at radius 1 is 1.15 bits per heavy atom. The Balaban J connectivity index is 2.68. The van der Waals surface area contributed by atoms with Crippen LogP contribution in [0.1, 0.15) is 20.8 Å². The minimum Gasteiger partial charge on any atom is -0.459 e. The number of nitrogens with zero attached hydrogens (tertiary/aromatic N) is 3. The maximum Gasteiger partial charge on any atom is 0.326 e. The molecular formula is C18H27N3O5S. The largest absolute Gasteiger partial charge is 0.459 e. The summed E-state index contributed by atoms with van der Waals surface area (Å²) in [5.41, 5.74) is -0.607. The SMILES string of the molecule is CN(C)CCN(CC(=O)OC(C)(C)C)C(=O)CSc1ccc([N+](=O)[O-])cc1. The first-order valence-corrected chi connectivity index (χ1v) is 9.48. The average molecular weight is 397 g/mol. The number of amides is 1. The van der Waals surface area contributed by atoms with E-state index >= 15 is 0 Å². The van der Waals surface area contributed by atoms with Crippen molar-refractivity contribution in [1.82, 2.24) is 9.80 Å². The summed E-state index contributed by atoms with van der Waals surface area (Å²) < 4.78 is 5.31. The third kappa shape index (κ3) is 9.39. The first-order chi connectivity index (χ1) is 12.5. The van der Waals surface area contributed by atoms with Gasteiger partial charge in [-0.15, -0.1) is 11.8 Å². The molecule has 8 nitrogen and oxygen atoms in total. The van der Waals surface area contributed by atoms with Gasteiger partial charge in [-0.3, -0.25) is 19.7 Å². The minimum atomic E-state index is -0.610. The molecule has 0 saturated carbocycles. The van der Waals surface area contributed by atoms with Crippen molar-refractivity contribution < 1.29 is 19.2 Å². The second-order valence-electron chi connectivity index (χ2n) is 7.24. The van der Waals surface area contributed by atoms with Crippen LogP contribution < -0.4 is 0 Å². The fraction of sp³-hybridized carbons (Fsp3) is 0.556. The van der Waals surface area contributed by atoms with E-state index in [2.05, 4.69) is 0 Å². The lowest BCUT2D eigenvalue weighted by molar-refractivity contribution is -0.384. The van der Waals surface area contributed by atoms with Gasteiger partial charge in [-0.2, -0.15) is 0 Å². The molecule has 0 fully saturated rings. The van der Waals surface area contributed by atoms with Crippen LogP contribution in [0.15, 0.2) is 29.2 Å². The molecule has 9 heteroatoms. The molecule has 150 valence electrons. The number of nitro groups is 1. The summed E-state index contributed by atoms with van der Waals surface area (Å²) in [5.74, 6) is -0.505. The maximum atomic E-state index is 12.6. The highest BCUT2D eigenvalue weighted by molar-refractivity contribution is 8.00. The number of carbonyl (C=O) groups is 2. The van der Waals surface area contributed by atoms with Crippen LogP contribution in [0.25, 0.3) is 0 Å². The summed E-state index contributed by atoms with van der Waals surface area (Å²) in [7, 11) is 3.78. The molecule has 0 aliphatic heterocycles. The van der Waals surface area contributed by atoms with E-state index in [4.69, 9.17) is 4.74 Å². The van der Waals surface area contributed by atoms with Gasteiger partial charge in [-0.25, -0.2) is 0 Å². The molecule has 0 aromatic heterocycles. The van der Waals surface area contributed by atoms with Crippen LogP contribution in [0.5, 0.6) is 0 Å². The van der Waals surface area contributed by atoms with E-state index in [1.165, 1.54) is 28.8 Å². The quantitative estimate of drug-likeness (QED) is 0.273. The molecule has 1 rings (SSSR count). The Labute approximate surface area is 164 Å². The second kappa shape index (κ2) is 10.3. The van der Waals surface area contributed by atoms with Gasteiger partial charge in [0.2, 0.25) is 5.91 Å². The Kier molecular flexibility index (Phi) is 8.71. The van der Waals surface area contributed by atoms with Crippen molar-refractivity contribution in [3.8, 4) is 0 Å². The van der Waals surface area contributed by atoms with Crippen molar-refractivity contribution in [2.75, 3.05) is 39.5 Å². The first-order valence-electron chi connectivity index (χ1n) is 8.49. The molecule has 0 heterocycles. The van der Waals surface area contributed by atoms with Crippen molar-refractivity contribution in [1.29, 1.82) is 0 Å². The molecule has 1 aromatic rings. The van der Waals surface area contributed by atoms with Gasteiger partial charge in [0.1, 0.15) is 12.1 Å². The molecule has 0 aliphatic carbocycles. The summed E-state index contributed by atoms with van der Waals surface area (Å²) >= 11 is 1.27. The van der Waals surface area contributed by atoms with E-state index in [0.717, 1.165) is 4.90 Å². The lowest BCUT2D eigenvalue weighted by atomic mass is 10.2. The summed E-state index contributed by atoms with van der Waals surface area (Å²) in [6.07, 6.45) is 0. The van der Waals surface area contributed by atoms with Crippen LogP contribution in [-0.4, -0.2) is 71.7 Å². The highest BCUT2D eigenvalue weighted by atomic mass is 32.2. The van der Waals surface area contributed by atoms with Gasteiger partial charge in [-0.05, 0) is 47.0 Å². The minimum absolute atomic E-state index is 0.00297. The van der Waals surface area contributed by atoms with Crippen LogP contribution in [-0.2, 0) is 14.3 Å².